The number of aryl methyl sites for hydroxylation is 1. The van der Waals surface area contributed by atoms with Crippen molar-refractivity contribution in [1.82, 2.24) is 10.2 Å². The second-order valence-electron chi connectivity index (χ2n) is 2.49. The van der Waals surface area contributed by atoms with Crippen LogP contribution in [0.25, 0.3) is 0 Å². The van der Waals surface area contributed by atoms with E-state index in [-0.39, 0.29) is 23.6 Å². The van der Waals surface area contributed by atoms with Crippen molar-refractivity contribution in [2.24, 2.45) is 0 Å². The fourth-order valence-electron chi connectivity index (χ4n) is 0.877. The number of hydrogen-bond acceptors (Lipinski definition) is 5. The van der Waals surface area contributed by atoms with E-state index in [9.17, 15) is 18.5 Å². The Labute approximate surface area is 83.6 Å². The van der Waals surface area contributed by atoms with Crippen LogP contribution in [0.4, 0.5) is 5.82 Å². The second-order valence-corrected chi connectivity index (χ2v) is 5.39. The fraction of sp³-hybridized carbons (Fsp3) is 0.400. The molecule has 1 heterocycles. The first-order valence-electron chi connectivity index (χ1n) is 3.49. The molecule has 1 N–H and O–H groups in total. The Morgan fingerprint density at radius 3 is 2.79 bits per heavy atom. The molecule has 0 fully saturated rings. The number of nitrogens with one attached hydrogen (secondary N) is 1. The van der Waals surface area contributed by atoms with E-state index in [1.54, 1.807) is 0 Å². The average Bonchev–Trinajstić information content (AvgIpc) is 2.46. The molecule has 78 valence electrons. The predicted octanol–water partition coefficient (Wildman–Crippen LogP) is 0.429. The summed E-state index contributed by atoms with van der Waals surface area (Å²) < 4.78 is 21.1. The number of rotatable bonds is 4. The van der Waals surface area contributed by atoms with Crippen molar-refractivity contribution in [3.05, 3.63) is 21.9 Å². The van der Waals surface area contributed by atoms with Crippen molar-refractivity contribution >= 4 is 25.6 Å². The number of aromatic amines is 1. The van der Waals surface area contributed by atoms with Gasteiger partial charge in [-0.1, -0.05) is 5.10 Å². The third-order valence-corrected chi connectivity index (χ3v) is 2.65. The lowest BCUT2D eigenvalue weighted by molar-refractivity contribution is -0.390. The minimum Gasteiger partial charge on any atom is -0.358 e. The molecule has 0 saturated carbocycles. The van der Waals surface area contributed by atoms with Crippen molar-refractivity contribution in [2.75, 3.05) is 5.75 Å². The van der Waals surface area contributed by atoms with Crippen LogP contribution in [-0.2, 0) is 15.5 Å². The van der Waals surface area contributed by atoms with Gasteiger partial charge < -0.3 is 10.1 Å². The highest BCUT2D eigenvalue weighted by Crippen LogP contribution is 2.15. The van der Waals surface area contributed by atoms with Gasteiger partial charge in [-0.25, -0.2) is 8.42 Å². The molecule has 9 heteroatoms. The van der Waals surface area contributed by atoms with Gasteiger partial charge in [-0.3, -0.25) is 0 Å². The number of nitro groups is 1. The average molecular weight is 240 g/mol. The molecule has 0 aliphatic rings. The molecule has 1 aromatic rings. The van der Waals surface area contributed by atoms with Crippen molar-refractivity contribution < 1.29 is 13.3 Å². The van der Waals surface area contributed by atoms with Gasteiger partial charge in [-0.15, -0.1) is 5.10 Å². The Kier molecular flexibility index (Phi) is 3.06. The molecule has 0 aliphatic carbocycles. The lowest BCUT2D eigenvalue weighted by atomic mass is 10.2. The van der Waals surface area contributed by atoms with E-state index in [1.807, 2.05) is 0 Å². The van der Waals surface area contributed by atoms with Crippen LogP contribution in [0.15, 0.2) is 6.20 Å². The first kappa shape index (κ1) is 10.9. The molecule has 1 aromatic heterocycles. The molecule has 0 amide bonds. The quantitative estimate of drug-likeness (QED) is 0.466. The number of hydrogen-bond donors (Lipinski definition) is 1. The maximum absolute atomic E-state index is 10.6. The Morgan fingerprint density at radius 1 is 1.64 bits per heavy atom. The van der Waals surface area contributed by atoms with Crippen molar-refractivity contribution in [1.29, 1.82) is 0 Å². The van der Waals surface area contributed by atoms with E-state index in [1.165, 1.54) is 6.20 Å². The Balaban J connectivity index is 2.77. The lowest BCUT2D eigenvalue weighted by Crippen LogP contribution is -2.02. The van der Waals surface area contributed by atoms with Crippen LogP contribution in [0.5, 0.6) is 0 Å². The maximum atomic E-state index is 10.6. The van der Waals surface area contributed by atoms with Gasteiger partial charge >= 0.3 is 5.82 Å². The van der Waals surface area contributed by atoms with E-state index in [2.05, 4.69) is 10.2 Å². The van der Waals surface area contributed by atoms with Gasteiger partial charge in [0.05, 0.1) is 17.5 Å². The van der Waals surface area contributed by atoms with Gasteiger partial charge in [0.2, 0.25) is 9.05 Å². The summed E-state index contributed by atoms with van der Waals surface area (Å²) >= 11 is 0. The Bertz CT molecular complexity index is 440. The molecule has 0 bridgehead atoms. The molecule has 0 spiro atoms. The second kappa shape index (κ2) is 3.93. The summed E-state index contributed by atoms with van der Waals surface area (Å²) in [6.45, 7) is 0. The monoisotopic (exact) mass is 239 g/mol. The molecular formula is C5H6ClN3O4S. The first-order valence-corrected chi connectivity index (χ1v) is 5.97. The van der Waals surface area contributed by atoms with E-state index in [0.29, 0.717) is 0 Å². The molecule has 7 nitrogen and oxygen atoms in total. The molecule has 0 aromatic carbocycles. The highest BCUT2D eigenvalue weighted by molar-refractivity contribution is 8.13. The van der Waals surface area contributed by atoms with E-state index in [4.69, 9.17) is 10.7 Å². The molecule has 0 radical (unpaired) electrons. The van der Waals surface area contributed by atoms with Crippen molar-refractivity contribution in [3.63, 3.8) is 0 Å². The predicted molar refractivity (Wildman–Crippen MR) is 48.6 cm³/mol. The topological polar surface area (TPSA) is 106 Å². The minimum atomic E-state index is -3.63. The Hall–Kier alpha value is -1.15. The standard InChI is InChI=1S/C5H6ClN3O4S/c6-14(12,13)2-1-4-3-7-8-5(4)9(10)11/h3H,1-2H2,(H,7,8). The van der Waals surface area contributed by atoms with E-state index < -0.39 is 14.0 Å². The normalized spacial score (nSPS) is 11.5. The zero-order valence-corrected chi connectivity index (χ0v) is 8.38. The highest BCUT2D eigenvalue weighted by Gasteiger charge is 2.16. The van der Waals surface area contributed by atoms with Crippen LogP contribution in [0, 0.1) is 10.1 Å². The molecule has 0 unspecified atom stereocenters. The van der Waals surface area contributed by atoms with Gasteiger partial charge in [-0.05, 0) is 11.3 Å². The van der Waals surface area contributed by atoms with Crippen LogP contribution in [0.1, 0.15) is 5.56 Å². The van der Waals surface area contributed by atoms with Gasteiger partial charge in [0.15, 0.2) is 0 Å². The van der Waals surface area contributed by atoms with Gasteiger partial charge in [-0.2, -0.15) is 0 Å². The highest BCUT2D eigenvalue weighted by atomic mass is 35.7. The number of halogens is 1. The molecule has 0 aliphatic heterocycles. The Morgan fingerprint density at radius 2 is 2.29 bits per heavy atom. The summed E-state index contributed by atoms with van der Waals surface area (Å²) in [5.41, 5.74) is 0.222. The van der Waals surface area contributed by atoms with Crippen LogP contribution in [0.2, 0.25) is 0 Å². The van der Waals surface area contributed by atoms with Crippen molar-refractivity contribution in [3.8, 4) is 0 Å². The zero-order chi connectivity index (χ0) is 10.8. The van der Waals surface area contributed by atoms with Crippen LogP contribution in [0.3, 0.4) is 0 Å². The smallest absolute Gasteiger partial charge is 0.345 e. The molecule has 14 heavy (non-hydrogen) atoms. The van der Waals surface area contributed by atoms with E-state index in [0.717, 1.165) is 0 Å². The summed E-state index contributed by atoms with van der Waals surface area (Å²) in [7, 11) is 1.32. The van der Waals surface area contributed by atoms with Crippen LogP contribution in [-0.4, -0.2) is 29.3 Å². The molecular weight excluding hydrogens is 234 g/mol. The van der Waals surface area contributed by atoms with Crippen LogP contribution < -0.4 is 0 Å². The third kappa shape index (κ3) is 2.96. The maximum Gasteiger partial charge on any atom is 0.345 e. The number of nitrogens with zero attached hydrogens (tertiary/aromatic N) is 2. The zero-order valence-electron chi connectivity index (χ0n) is 6.81. The summed E-state index contributed by atoms with van der Waals surface area (Å²) in [6.07, 6.45) is 1.18. The minimum absolute atomic E-state index is 0.0291. The largest absolute Gasteiger partial charge is 0.358 e. The number of H-pyrrole nitrogens is 1. The van der Waals surface area contributed by atoms with Crippen molar-refractivity contribution in [2.45, 2.75) is 6.42 Å². The molecule has 0 saturated heterocycles. The van der Waals surface area contributed by atoms with E-state index >= 15 is 0 Å². The first-order chi connectivity index (χ1) is 6.40. The van der Waals surface area contributed by atoms with Gasteiger partial charge in [0, 0.05) is 10.7 Å². The summed E-state index contributed by atoms with van der Waals surface area (Å²) in [5, 5.41) is 16.0. The SMILES string of the molecule is O=[N+]([O-])c1[nH]ncc1CCS(=O)(=O)Cl. The molecule has 0 atom stereocenters. The van der Waals surface area contributed by atoms with Gasteiger partial charge in [0.25, 0.3) is 0 Å². The summed E-state index contributed by atoms with van der Waals surface area (Å²) in [6, 6.07) is 0. The van der Waals surface area contributed by atoms with Gasteiger partial charge in [0.1, 0.15) is 0 Å². The summed E-state index contributed by atoms with van der Waals surface area (Å²) in [5.74, 6) is -0.653. The third-order valence-electron chi connectivity index (χ3n) is 1.49. The lowest BCUT2D eigenvalue weighted by Gasteiger charge is -1.95. The molecule has 1 rings (SSSR count). The summed E-state index contributed by atoms with van der Waals surface area (Å²) in [4.78, 5) is 9.70. The fourth-order valence-corrected chi connectivity index (χ4v) is 1.57. The van der Waals surface area contributed by atoms with Crippen LogP contribution >= 0.6 is 10.7 Å². The number of aromatic nitrogens is 2.